The Hall–Kier alpha value is -2.37. The van der Waals surface area contributed by atoms with Gasteiger partial charge in [0.25, 0.3) is 0 Å². The molecule has 0 radical (unpaired) electrons. The van der Waals surface area contributed by atoms with E-state index in [9.17, 15) is 0 Å². The maximum Gasteiger partial charge on any atom is 0.150 e. The minimum absolute atomic E-state index is 0.790. The number of hydrogen-bond acceptors (Lipinski definition) is 5. The number of piperazine rings is 1. The first kappa shape index (κ1) is 20.7. The lowest BCUT2D eigenvalue weighted by atomic mass is 10.2. The molecule has 1 aromatic heterocycles. The maximum absolute atomic E-state index is 6.14. The smallest absolute Gasteiger partial charge is 0.150 e. The van der Waals surface area contributed by atoms with Crippen LogP contribution in [0.5, 0.6) is 0 Å². The third-order valence-corrected chi connectivity index (χ3v) is 4.07. The topological polar surface area (TPSA) is 76.3 Å². The Morgan fingerprint density at radius 1 is 0.840 bits per heavy atom. The summed E-state index contributed by atoms with van der Waals surface area (Å²) < 4.78 is 1.88. The number of benzene rings is 1. The Labute approximate surface area is 152 Å². The first-order valence-corrected chi connectivity index (χ1v) is 9.21. The van der Waals surface area contributed by atoms with E-state index in [-0.39, 0.29) is 0 Å². The van der Waals surface area contributed by atoms with Crippen LogP contribution in [0.25, 0.3) is 0 Å². The molecule has 3 rings (SSSR count). The predicted octanol–water partition coefficient (Wildman–Crippen LogP) is 3.27. The van der Waals surface area contributed by atoms with E-state index in [0.717, 1.165) is 49.1 Å². The van der Waals surface area contributed by atoms with Gasteiger partial charge in [0.1, 0.15) is 0 Å². The summed E-state index contributed by atoms with van der Waals surface area (Å²) in [6.45, 7) is 13.8. The molecule has 0 aliphatic carbocycles. The molecule has 6 nitrogen and oxygen atoms in total. The molecule has 0 saturated carbocycles. The Bertz CT molecular complexity index is 624. The van der Waals surface area contributed by atoms with E-state index in [0.29, 0.717) is 0 Å². The summed E-state index contributed by atoms with van der Waals surface area (Å²) in [4.78, 5) is 4.68. The number of aromatic nitrogens is 2. The SMILES string of the molecule is CC.CC.Cc1nn(C)c(N2CCN(c3ccc(N)cc3)CC2)c1N. The second-order valence-corrected chi connectivity index (χ2v) is 5.51. The lowest BCUT2D eigenvalue weighted by Gasteiger charge is -2.37. The summed E-state index contributed by atoms with van der Waals surface area (Å²) in [5.74, 6) is 1.03. The highest BCUT2D eigenvalue weighted by Gasteiger charge is 2.22. The van der Waals surface area contributed by atoms with E-state index in [1.54, 1.807) is 0 Å². The fourth-order valence-electron chi connectivity index (χ4n) is 2.90. The van der Waals surface area contributed by atoms with Crippen LogP contribution in [0.2, 0.25) is 0 Å². The normalized spacial score (nSPS) is 13.5. The van der Waals surface area contributed by atoms with Crippen LogP contribution in [-0.2, 0) is 7.05 Å². The third-order valence-electron chi connectivity index (χ3n) is 4.07. The van der Waals surface area contributed by atoms with Crippen LogP contribution in [0.4, 0.5) is 22.9 Å². The standard InChI is InChI=1S/C15H22N6.2C2H6/c1-11-14(17)15(19(2)18-11)21-9-7-20(8-10-21)13-5-3-12(16)4-6-13;2*1-2/h3-6H,7-10,16-17H2,1-2H3;2*1-2H3. The van der Waals surface area contributed by atoms with E-state index in [4.69, 9.17) is 11.5 Å². The monoisotopic (exact) mass is 346 g/mol. The summed E-state index contributed by atoms with van der Waals surface area (Å²) in [6.07, 6.45) is 0. The van der Waals surface area contributed by atoms with Gasteiger partial charge in [-0.3, -0.25) is 4.68 Å². The van der Waals surface area contributed by atoms with Crippen molar-refractivity contribution in [2.75, 3.05) is 47.4 Å². The van der Waals surface area contributed by atoms with Crippen LogP contribution < -0.4 is 21.3 Å². The summed E-state index contributed by atoms with van der Waals surface area (Å²) in [5, 5.41) is 4.40. The van der Waals surface area contributed by atoms with Gasteiger partial charge in [-0.15, -0.1) is 0 Å². The number of hydrogen-bond donors (Lipinski definition) is 2. The molecule has 1 aromatic carbocycles. The average Bonchev–Trinajstić information content (AvgIpc) is 2.91. The molecule has 0 atom stereocenters. The van der Waals surface area contributed by atoms with Crippen LogP contribution >= 0.6 is 0 Å². The Morgan fingerprint density at radius 3 is 1.76 bits per heavy atom. The van der Waals surface area contributed by atoms with Crippen molar-refractivity contribution < 1.29 is 0 Å². The van der Waals surface area contributed by atoms with Crippen molar-refractivity contribution in [3.8, 4) is 0 Å². The van der Waals surface area contributed by atoms with Crippen molar-refractivity contribution in [1.82, 2.24) is 9.78 Å². The van der Waals surface area contributed by atoms with E-state index in [2.05, 4.69) is 27.0 Å². The number of anilines is 4. The summed E-state index contributed by atoms with van der Waals surface area (Å²) >= 11 is 0. The molecular formula is C19H34N6. The molecule has 25 heavy (non-hydrogen) atoms. The van der Waals surface area contributed by atoms with E-state index >= 15 is 0 Å². The molecule has 0 amide bonds. The van der Waals surface area contributed by atoms with Gasteiger partial charge in [-0.25, -0.2) is 0 Å². The number of nitrogens with zero attached hydrogens (tertiary/aromatic N) is 4. The maximum atomic E-state index is 6.14. The lowest BCUT2D eigenvalue weighted by Crippen LogP contribution is -2.47. The minimum atomic E-state index is 0.790. The minimum Gasteiger partial charge on any atom is -0.399 e. The van der Waals surface area contributed by atoms with Gasteiger partial charge in [-0.05, 0) is 31.2 Å². The van der Waals surface area contributed by atoms with E-state index < -0.39 is 0 Å². The number of aryl methyl sites for hydroxylation is 2. The molecule has 4 N–H and O–H groups in total. The molecular weight excluding hydrogens is 312 g/mol. The molecule has 1 aliphatic heterocycles. The van der Waals surface area contributed by atoms with Gasteiger partial charge in [0.2, 0.25) is 0 Å². The molecule has 1 aliphatic rings. The van der Waals surface area contributed by atoms with Crippen LogP contribution in [0.1, 0.15) is 33.4 Å². The lowest BCUT2D eigenvalue weighted by molar-refractivity contribution is 0.624. The highest BCUT2D eigenvalue weighted by atomic mass is 15.4. The van der Waals surface area contributed by atoms with Crippen LogP contribution in [0.15, 0.2) is 24.3 Å². The van der Waals surface area contributed by atoms with E-state index in [1.165, 1.54) is 5.69 Å². The molecule has 0 unspecified atom stereocenters. The van der Waals surface area contributed by atoms with Gasteiger partial charge >= 0.3 is 0 Å². The summed E-state index contributed by atoms with van der Waals surface area (Å²) in [7, 11) is 1.95. The van der Waals surface area contributed by atoms with Crippen molar-refractivity contribution in [2.45, 2.75) is 34.6 Å². The van der Waals surface area contributed by atoms with Crippen LogP contribution in [0, 0.1) is 6.92 Å². The van der Waals surface area contributed by atoms with Crippen molar-refractivity contribution >= 4 is 22.9 Å². The third kappa shape index (κ3) is 4.81. The summed E-state index contributed by atoms with van der Waals surface area (Å²) in [5.41, 5.74) is 15.6. The van der Waals surface area contributed by atoms with Crippen molar-refractivity contribution in [3.63, 3.8) is 0 Å². The zero-order chi connectivity index (χ0) is 19.0. The highest BCUT2D eigenvalue weighted by molar-refractivity contribution is 5.67. The number of nitrogens with two attached hydrogens (primary N) is 2. The van der Waals surface area contributed by atoms with Crippen molar-refractivity contribution in [1.29, 1.82) is 0 Å². The van der Waals surface area contributed by atoms with Gasteiger partial charge in [0.05, 0.1) is 11.4 Å². The summed E-state index contributed by atoms with van der Waals surface area (Å²) in [6, 6.07) is 8.05. The molecule has 140 valence electrons. The highest BCUT2D eigenvalue weighted by Crippen LogP contribution is 2.27. The average molecular weight is 347 g/mol. The Kier molecular flexibility index (Phi) is 8.11. The quantitative estimate of drug-likeness (QED) is 0.816. The number of rotatable bonds is 2. The van der Waals surface area contributed by atoms with Gasteiger partial charge in [0.15, 0.2) is 5.82 Å². The molecule has 2 aromatic rings. The largest absolute Gasteiger partial charge is 0.399 e. The molecule has 1 saturated heterocycles. The Morgan fingerprint density at radius 2 is 1.32 bits per heavy atom. The van der Waals surface area contributed by atoms with Crippen molar-refractivity contribution in [3.05, 3.63) is 30.0 Å². The first-order valence-electron chi connectivity index (χ1n) is 9.21. The second-order valence-electron chi connectivity index (χ2n) is 5.51. The zero-order valence-corrected chi connectivity index (χ0v) is 16.6. The fraction of sp³-hybridized carbons (Fsp3) is 0.526. The fourth-order valence-corrected chi connectivity index (χ4v) is 2.90. The first-order chi connectivity index (χ1) is 12.1. The number of nitrogen functional groups attached to an aromatic ring is 2. The second kappa shape index (κ2) is 9.81. The van der Waals surface area contributed by atoms with Gasteiger partial charge < -0.3 is 21.3 Å². The molecule has 2 heterocycles. The Balaban J connectivity index is 0.000000730. The molecule has 1 fully saturated rings. The molecule has 0 spiro atoms. The van der Waals surface area contributed by atoms with E-state index in [1.807, 2.05) is 58.5 Å². The zero-order valence-electron chi connectivity index (χ0n) is 16.6. The van der Waals surface area contributed by atoms with Gasteiger partial charge in [-0.2, -0.15) is 5.10 Å². The van der Waals surface area contributed by atoms with Gasteiger partial charge in [-0.1, -0.05) is 27.7 Å². The van der Waals surface area contributed by atoms with Crippen molar-refractivity contribution in [2.24, 2.45) is 7.05 Å². The van der Waals surface area contributed by atoms with Crippen LogP contribution in [-0.4, -0.2) is 36.0 Å². The van der Waals surface area contributed by atoms with Gasteiger partial charge in [0, 0.05) is 44.6 Å². The molecule has 6 heteroatoms. The van der Waals surface area contributed by atoms with Crippen LogP contribution in [0.3, 0.4) is 0 Å². The predicted molar refractivity (Wildman–Crippen MR) is 110 cm³/mol. The molecule has 0 bridgehead atoms.